The van der Waals surface area contributed by atoms with Gasteiger partial charge < -0.3 is 15.2 Å². The molecular weight excluding hydrogens is 420 g/mol. The second kappa shape index (κ2) is 8.67. The van der Waals surface area contributed by atoms with Gasteiger partial charge in [0.2, 0.25) is 5.91 Å². The molecule has 2 N–H and O–H groups in total. The molecule has 0 saturated heterocycles. The summed E-state index contributed by atoms with van der Waals surface area (Å²) >= 11 is 6.24. The minimum absolute atomic E-state index is 0.0562. The Kier molecular flexibility index (Phi) is 5.58. The van der Waals surface area contributed by atoms with Crippen molar-refractivity contribution < 1.29 is 4.79 Å². The number of anilines is 2. The Labute approximate surface area is 192 Å². The standard InChI is InChI=1S/C26H25ClN4O/c1-17(28-21-8-5-9-22(15-21)29-26(32)19-10-11-19)25-30-23-14-20(27)12-13-24(23)31(25)16-18-6-3-2-4-7-18/h2-9,12-15,17,19,28H,10-11,16H2,1H3,(H,29,32)/t17-/m1/s1. The zero-order chi connectivity index (χ0) is 22.1. The third-order valence-electron chi connectivity index (χ3n) is 5.77. The van der Waals surface area contributed by atoms with E-state index in [4.69, 9.17) is 16.6 Å². The Hall–Kier alpha value is -3.31. The first kappa shape index (κ1) is 20.6. The average molecular weight is 445 g/mol. The molecule has 1 heterocycles. The third kappa shape index (κ3) is 4.48. The van der Waals surface area contributed by atoms with Crippen molar-refractivity contribution in [2.24, 2.45) is 5.92 Å². The van der Waals surface area contributed by atoms with Gasteiger partial charge in [0.05, 0.1) is 17.1 Å². The predicted molar refractivity (Wildman–Crippen MR) is 130 cm³/mol. The SMILES string of the molecule is C[C@@H](Nc1cccc(NC(=O)C2CC2)c1)c1nc2cc(Cl)ccc2n1Cc1ccccc1. The molecule has 1 amide bonds. The van der Waals surface area contributed by atoms with E-state index in [-0.39, 0.29) is 17.9 Å². The fourth-order valence-corrected chi connectivity index (χ4v) is 4.14. The molecule has 162 valence electrons. The zero-order valence-corrected chi connectivity index (χ0v) is 18.6. The molecule has 0 aliphatic heterocycles. The summed E-state index contributed by atoms with van der Waals surface area (Å²) in [6.45, 7) is 2.82. The van der Waals surface area contributed by atoms with Crippen LogP contribution in [0.1, 0.15) is 37.2 Å². The molecule has 5 nitrogen and oxygen atoms in total. The molecule has 6 heteroatoms. The first-order valence-corrected chi connectivity index (χ1v) is 11.3. The summed E-state index contributed by atoms with van der Waals surface area (Å²) < 4.78 is 2.23. The number of fused-ring (bicyclic) bond motifs is 1. The number of aromatic nitrogens is 2. The van der Waals surface area contributed by atoms with E-state index >= 15 is 0 Å². The number of halogens is 1. The first-order chi connectivity index (χ1) is 15.6. The molecule has 0 bridgehead atoms. The number of hydrogen-bond donors (Lipinski definition) is 2. The first-order valence-electron chi connectivity index (χ1n) is 10.9. The highest BCUT2D eigenvalue weighted by atomic mass is 35.5. The van der Waals surface area contributed by atoms with Crippen LogP contribution in [0.3, 0.4) is 0 Å². The fourth-order valence-electron chi connectivity index (χ4n) is 3.98. The normalized spacial score (nSPS) is 14.3. The lowest BCUT2D eigenvalue weighted by Crippen LogP contribution is -2.15. The molecule has 1 fully saturated rings. The molecule has 32 heavy (non-hydrogen) atoms. The Balaban J connectivity index is 1.43. The lowest BCUT2D eigenvalue weighted by molar-refractivity contribution is -0.117. The molecule has 3 aromatic carbocycles. The number of carbonyl (C=O) groups is 1. The van der Waals surface area contributed by atoms with Crippen LogP contribution in [0.5, 0.6) is 0 Å². The van der Waals surface area contributed by atoms with Crippen LogP contribution >= 0.6 is 11.6 Å². The molecule has 0 radical (unpaired) electrons. The van der Waals surface area contributed by atoms with E-state index in [1.165, 1.54) is 5.56 Å². The highest BCUT2D eigenvalue weighted by Crippen LogP contribution is 2.31. The molecule has 5 rings (SSSR count). The second-order valence-corrected chi connectivity index (χ2v) is 8.82. The van der Waals surface area contributed by atoms with Crippen LogP contribution in [0.15, 0.2) is 72.8 Å². The molecule has 1 saturated carbocycles. The van der Waals surface area contributed by atoms with Gasteiger partial charge in [-0.1, -0.05) is 48.0 Å². The molecule has 4 aromatic rings. The number of benzene rings is 3. The largest absolute Gasteiger partial charge is 0.375 e. The van der Waals surface area contributed by atoms with Crippen LogP contribution in [0, 0.1) is 5.92 Å². The minimum atomic E-state index is -0.0562. The number of hydrogen-bond acceptors (Lipinski definition) is 3. The van der Waals surface area contributed by atoms with Crippen molar-refractivity contribution in [3.8, 4) is 0 Å². The summed E-state index contributed by atoms with van der Waals surface area (Å²) in [7, 11) is 0. The molecule has 1 aromatic heterocycles. The maximum atomic E-state index is 12.1. The maximum absolute atomic E-state index is 12.1. The summed E-state index contributed by atoms with van der Waals surface area (Å²) in [4.78, 5) is 17.0. The summed E-state index contributed by atoms with van der Waals surface area (Å²) in [5.41, 5.74) is 4.88. The van der Waals surface area contributed by atoms with Crippen molar-refractivity contribution in [1.29, 1.82) is 0 Å². The van der Waals surface area contributed by atoms with Gasteiger partial charge >= 0.3 is 0 Å². The molecule has 1 aliphatic carbocycles. The third-order valence-corrected chi connectivity index (χ3v) is 6.01. The van der Waals surface area contributed by atoms with E-state index in [1.807, 2.05) is 60.7 Å². The van der Waals surface area contributed by atoms with Gasteiger partial charge in [-0.2, -0.15) is 0 Å². The number of nitrogens with zero attached hydrogens (tertiary/aromatic N) is 2. The highest BCUT2D eigenvalue weighted by Gasteiger charge is 2.29. The van der Waals surface area contributed by atoms with E-state index in [0.29, 0.717) is 5.02 Å². The van der Waals surface area contributed by atoms with Crippen LogP contribution in [-0.2, 0) is 11.3 Å². The molecule has 1 atom stereocenters. The van der Waals surface area contributed by atoms with Gasteiger partial charge in [-0.15, -0.1) is 0 Å². The van der Waals surface area contributed by atoms with Gasteiger partial charge in [0, 0.05) is 28.9 Å². The van der Waals surface area contributed by atoms with Gasteiger partial charge in [-0.3, -0.25) is 4.79 Å². The second-order valence-electron chi connectivity index (χ2n) is 8.39. The summed E-state index contributed by atoms with van der Waals surface area (Å²) in [6, 6.07) is 24.0. The lowest BCUT2D eigenvalue weighted by atomic mass is 10.2. The lowest BCUT2D eigenvalue weighted by Gasteiger charge is -2.18. The maximum Gasteiger partial charge on any atom is 0.227 e. The summed E-state index contributed by atoms with van der Waals surface area (Å²) in [5, 5.41) is 7.24. The average Bonchev–Trinajstić information content (AvgIpc) is 3.58. The molecule has 1 aliphatic rings. The number of nitrogens with one attached hydrogen (secondary N) is 2. The van der Waals surface area contributed by atoms with Gasteiger partial charge in [0.1, 0.15) is 5.82 Å². The number of imidazole rings is 1. The van der Waals surface area contributed by atoms with Gasteiger partial charge in [0.25, 0.3) is 0 Å². The number of rotatable bonds is 7. The van der Waals surface area contributed by atoms with Crippen LogP contribution in [0.4, 0.5) is 11.4 Å². The Morgan fingerprint density at radius 1 is 1.06 bits per heavy atom. The van der Waals surface area contributed by atoms with Crippen LogP contribution in [0.2, 0.25) is 5.02 Å². The van der Waals surface area contributed by atoms with Crippen molar-refractivity contribution in [2.75, 3.05) is 10.6 Å². The highest BCUT2D eigenvalue weighted by molar-refractivity contribution is 6.31. The quantitative estimate of drug-likeness (QED) is 0.353. The topological polar surface area (TPSA) is 58.9 Å². The summed E-state index contributed by atoms with van der Waals surface area (Å²) in [6.07, 6.45) is 1.98. The molecule has 0 unspecified atom stereocenters. The molecular formula is C26H25ClN4O. The van der Waals surface area contributed by atoms with E-state index in [1.54, 1.807) is 0 Å². The monoisotopic (exact) mass is 444 g/mol. The van der Waals surface area contributed by atoms with Gasteiger partial charge in [-0.05, 0) is 61.7 Å². The minimum Gasteiger partial charge on any atom is -0.375 e. The van der Waals surface area contributed by atoms with Crippen molar-refractivity contribution in [3.05, 3.63) is 89.2 Å². The number of carbonyl (C=O) groups excluding carboxylic acids is 1. The van der Waals surface area contributed by atoms with E-state index in [9.17, 15) is 4.79 Å². The smallest absolute Gasteiger partial charge is 0.227 e. The predicted octanol–water partition coefficient (Wildman–Crippen LogP) is 6.26. The fraction of sp³-hybridized carbons (Fsp3) is 0.231. The van der Waals surface area contributed by atoms with Gasteiger partial charge in [-0.25, -0.2) is 4.98 Å². The van der Waals surface area contributed by atoms with Crippen molar-refractivity contribution >= 4 is 39.9 Å². The van der Waals surface area contributed by atoms with E-state index in [2.05, 4.69) is 34.3 Å². The van der Waals surface area contributed by atoms with Crippen molar-refractivity contribution in [1.82, 2.24) is 9.55 Å². The zero-order valence-electron chi connectivity index (χ0n) is 17.9. The van der Waals surface area contributed by atoms with Gasteiger partial charge in [0.15, 0.2) is 0 Å². The van der Waals surface area contributed by atoms with E-state index in [0.717, 1.165) is 47.6 Å². The van der Waals surface area contributed by atoms with Crippen LogP contribution in [-0.4, -0.2) is 15.5 Å². The van der Waals surface area contributed by atoms with Crippen LogP contribution < -0.4 is 10.6 Å². The van der Waals surface area contributed by atoms with Crippen molar-refractivity contribution in [3.63, 3.8) is 0 Å². The number of amides is 1. The Morgan fingerprint density at radius 3 is 2.62 bits per heavy atom. The summed E-state index contributed by atoms with van der Waals surface area (Å²) in [5.74, 6) is 1.21. The Bertz CT molecular complexity index is 1260. The van der Waals surface area contributed by atoms with Crippen LogP contribution in [0.25, 0.3) is 11.0 Å². The van der Waals surface area contributed by atoms with E-state index < -0.39 is 0 Å². The Morgan fingerprint density at radius 2 is 1.84 bits per heavy atom. The molecule has 0 spiro atoms. The van der Waals surface area contributed by atoms with Crippen molar-refractivity contribution in [2.45, 2.75) is 32.4 Å².